The molecule has 0 aromatic carbocycles. The summed E-state index contributed by atoms with van der Waals surface area (Å²) in [5.41, 5.74) is 0. The molecule has 1 aromatic heterocycles. The second-order valence-electron chi connectivity index (χ2n) is 1.61. The van der Waals surface area contributed by atoms with E-state index in [1.54, 1.807) is 13.1 Å². The van der Waals surface area contributed by atoms with Crippen molar-refractivity contribution in [3.8, 4) is 0 Å². The van der Waals surface area contributed by atoms with Gasteiger partial charge < -0.3 is 9.15 Å². The Kier molecular flexibility index (Phi) is 5.98. The van der Waals surface area contributed by atoms with E-state index < -0.39 is 0 Å². The number of aromatic nitrogens is 1. The zero-order valence-electron chi connectivity index (χ0n) is 6.61. The molecule has 0 saturated carbocycles. The molecule has 0 spiro atoms. The summed E-state index contributed by atoms with van der Waals surface area (Å²) in [5, 5.41) is 0. The minimum Gasteiger partial charge on any atom is -0.469 e. The normalized spacial score (nSPS) is 7.82. The number of carbonyl (C=O) groups excluding carboxylic acids is 1. The van der Waals surface area contributed by atoms with Crippen molar-refractivity contribution < 1.29 is 13.9 Å². The van der Waals surface area contributed by atoms with Gasteiger partial charge in [0.25, 0.3) is 0 Å². The number of rotatable bonds is 1. The predicted octanol–water partition coefficient (Wildman–Crippen LogP) is 1.24. The highest BCUT2D eigenvalue weighted by Crippen LogP contribution is 1.76. The molecule has 4 heteroatoms. The minimum atomic E-state index is -0.157. The number of esters is 1. The van der Waals surface area contributed by atoms with E-state index in [0.717, 1.165) is 0 Å². The Morgan fingerprint density at radius 1 is 1.73 bits per heavy atom. The van der Waals surface area contributed by atoms with Crippen LogP contribution >= 0.6 is 0 Å². The van der Waals surface area contributed by atoms with Crippen LogP contribution in [-0.4, -0.2) is 18.1 Å². The van der Waals surface area contributed by atoms with Crippen LogP contribution in [0.3, 0.4) is 0 Å². The first-order valence-corrected chi connectivity index (χ1v) is 3.20. The monoisotopic (exact) mass is 157 g/mol. The summed E-state index contributed by atoms with van der Waals surface area (Å²) in [4.78, 5) is 13.5. The van der Waals surface area contributed by atoms with E-state index in [9.17, 15) is 4.79 Å². The van der Waals surface area contributed by atoms with Crippen molar-refractivity contribution in [1.82, 2.24) is 4.98 Å². The standard InChI is InChI=1S/C4H8O2.C3H3NO/c1-3-4(5)6-2;1-2-5-3-4-1/h3H2,1-2H3;1-3H. The highest BCUT2D eigenvalue weighted by molar-refractivity contribution is 5.68. The van der Waals surface area contributed by atoms with E-state index in [4.69, 9.17) is 0 Å². The number of nitrogens with zero attached hydrogens (tertiary/aromatic N) is 1. The van der Waals surface area contributed by atoms with Crippen LogP contribution in [0.1, 0.15) is 13.3 Å². The van der Waals surface area contributed by atoms with Crippen LogP contribution in [-0.2, 0) is 9.53 Å². The lowest BCUT2D eigenvalue weighted by atomic mass is 10.5. The first-order valence-electron chi connectivity index (χ1n) is 3.20. The van der Waals surface area contributed by atoms with Gasteiger partial charge in [-0.2, -0.15) is 0 Å². The number of hydrogen-bond donors (Lipinski definition) is 0. The van der Waals surface area contributed by atoms with E-state index in [-0.39, 0.29) is 5.97 Å². The van der Waals surface area contributed by atoms with Gasteiger partial charge in [0.2, 0.25) is 0 Å². The Hall–Kier alpha value is -1.32. The fourth-order valence-corrected chi connectivity index (χ4v) is 0.320. The highest BCUT2D eigenvalue weighted by Gasteiger charge is 1.87. The van der Waals surface area contributed by atoms with Crippen LogP contribution < -0.4 is 0 Å². The minimum absolute atomic E-state index is 0.157. The first kappa shape index (κ1) is 9.68. The molecule has 1 rings (SSSR count). The molecule has 0 aliphatic heterocycles. The molecule has 0 atom stereocenters. The zero-order valence-corrected chi connectivity index (χ0v) is 6.61. The highest BCUT2D eigenvalue weighted by atomic mass is 16.5. The summed E-state index contributed by atoms with van der Waals surface area (Å²) >= 11 is 0. The van der Waals surface area contributed by atoms with Gasteiger partial charge in [-0.1, -0.05) is 6.92 Å². The van der Waals surface area contributed by atoms with Crippen LogP contribution in [0.25, 0.3) is 0 Å². The van der Waals surface area contributed by atoms with E-state index in [2.05, 4.69) is 14.1 Å². The Labute approximate surface area is 65.2 Å². The Morgan fingerprint density at radius 3 is 2.55 bits per heavy atom. The molecular weight excluding hydrogens is 146 g/mol. The maximum atomic E-state index is 9.96. The number of carbonyl (C=O) groups is 1. The summed E-state index contributed by atoms with van der Waals surface area (Å²) in [6, 6.07) is 0. The van der Waals surface area contributed by atoms with Crippen LogP contribution in [0.5, 0.6) is 0 Å². The van der Waals surface area contributed by atoms with Crippen molar-refractivity contribution in [3.05, 3.63) is 18.9 Å². The van der Waals surface area contributed by atoms with Crippen molar-refractivity contribution in [3.63, 3.8) is 0 Å². The third-order valence-corrected chi connectivity index (χ3v) is 0.864. The number of ether oxygens (including phenoxy) is 1. The lowest BCUT2D eigenvalue weighted by Crippen LogP contribution is -1.94. The lowest BCUT2D eigenvalue weighted by Gasteiger charge is -1.87. The fourth-order valence-electron chi connectivity index (χ4n) is 0.320. The summed E-state index contributed by atoms with van der Waals surface area (Å²) in [5.74, 6) is -0.157. The van der Waals surface area contributed by atoms with E-state index in [1.165, 1.54) is 19.8 Å². The molecular formula is C7H11NO3. The van der Waals surface area contributed by atoms with Crippen molar-refractivity contribution in [2.45, 2.75) is 13.3 Å². The van der Waals surface area contributed by atoms with Crippen LogP contribution in [0.2, 0.25) is 0 Å². The van der Waals surface area contributed by atoms with Crippen molar-refractivity contribution in [1.29, 1.82) is 0 Å². The third-order valence-electron chi connectivity index (χ3n) is 0.864. The predicted molar refractivity (Wildman–Crippen MR) is 38.8 cm³/mol. The van der Waals surface area contributed by atoms with Crippen LogP contribution in [0.4, 0.5) is 0 Å². The topological polar surface area (TPSA) is 52.3 Å². The van der Waals surface area contributed by atoms with Gasteiger partial charge in [-0.05, 0) is 0 Å². The van der Waals surface area contributed by atoms with Gasteiger partial charge in [-0.3, -0.25) is 4.79 Å². The van der Waals surface area contributed by atoms with Crippen molar-refractivity contribution in [2.24, 2.45) is 0 Å². The molecule has 11 heavy (non-hydrogen) atoms. The molecule has 0 fully saturated rings. The summed E-state index contributed by atoms with van der Waals surface area (Å²) < 4.78 is 8.73. The molecule has 0 bridgehead atoms. The number of oxazole rings is 1. The molecule has 0 radical (unpaired) electrons. The largest absolute Gasteiger partial charge is 0.469 e. The first-order chi connectivity index (χ1) is 5.31. The van der Waals surface area contributed by atoms with Gasteiger partial charge >= 0.3 is 5.97 Å². The summed E-state index contributed by atoms with van der Waals surface area (Å²) in [6.07, 6.45) is 4.94. The Bertz CT molecular complexity index is 149. The summed E-state index contributed by atoms with van der Waals surface area (Å²) in [6.45, 7) is 1.76. The van der Waals surface area contributed by atoms with Crippen LogP contribution in [0, 0.1) is 0 Å². The van der Waals surface area contributed by atoms with Gasteiger partial charge in [0.05, 0.1) is 13.3 Å². The molecule has 0 aliphatic carbocycles. The van der Waals surface area contributed by atoms with E-state index in [0.29, 0.717) is 6.42 Å². The maximum absolute atomic E-state index is 9.96. The quantitative estimate of drug-likeness (QED) is 0.575. The molecule has 1 aromatic rings. The average Bonchev–Trinajstić information content (AvgIpc) is 2.60. The molecule has 4 nitrogen and oxygen atoms in total. The SMILES string of the molecule is CCC(=O)OC.c1cocn1. The summed E-state index contributed by atoms with van der Waals surface area (Å²) in [7, 11) is 1.38. The average molecular weight is 157 g/mol. The lowest BCUT2D eigenvalue weighted by molar-refractivity contribution is -0.140. The van der Waals surface area contributed by atoms with Crippen molar-refractivity contribution >= 4 is 5.97 Å². The molecule has 0 amide bonds. The smallest absolute Gasteiger partial charge is 0.305 e. The Morgan fingerprint density at radius 2 is 2.45 bits per heavy atom. The molecule has 0 aliphatic rings. The van der Waals surface area contributed by atoms with Gasteiger partial charge in [0.1, 0.15) is 6.26 Å². The van der Waals surface area contributed by atoms with Gasteiger partial charge in [0.15, 0.2) is 6.39 Å². The Balaban J connectivity index is 0.000000183. The van der Waals surface area contributed by atoms with E-state index in [1.807, 2.05) is 0 Å². The number of hydrogen-bond acceptors (Lipinski definition) is 4. The molecule has 0 N–H and O–H groups in total. The number of methoxy groups -OCH3 is 1. The third kappa shape index (κ3) is 6.57. The second kappa shape index (κ2) is 6.80. The van der Waals surface area contributed by atoms with Gasteiger partial charge in [-0.25, -0.2) is 4.98 Å². The molecule has 0 saturated heterocycles. The zero-order chi connectivity index (χ0) is 8.53. The van der Waals surface area contributed by atoms with Gasteiger partial charge in [0, 0.05) is 6.42 Å². The van der Waals surface area contributed by atoms with Crippen molar-refractivity contribution in [2.75, 3.05) is 7.11 Å². The maximum Gasteiger partial charge on any atom is 0.305 e. The molecule has 1 heterocycles. The van der Waals surface area contributed by atoms with Crippen LogP contribution in [0.15, 0.2) is 23.3 Å². The molecule has 62 valence electrons. The van der Waals surface area contributed by atoms with E-state index >= 15 is 0 Å². The second-order valence-corrected chi connectivity index (χ2v) is 1.61. The fraction of sp³-hybridized carbons (Fsp3) is 0.429. The van der Waals surface area contributed by atoms with Gasteiger partial charge in [-0.15, -0.1) is 0 Å². The molecule has 0 unspecified atom stereocenters.